The van der Waals surface area contributed by atoms with Gasteiger partial charge in [-0.05, 0) is 19.4 Å². The lowest BCUT2D eigenvalue weighted by Gasteiger charge is -2.07. The van der Waals surface area contributed by atoms with E-state index in [9.17, 15) is 9.59 Å². The van der Waals surface area contributed by atoms with Crippen LogP contribution in [-0.4, -0.2) is 34.2 Å². The Hall–Kier alpha value is -2.15. The van der Waals surface area contributed by atoms with Gasteiger partial charge in [-0.2, -0.15) is 0 Å². The third kappa shape index (κ3) is 4.42. The third-order valence-electron chi connectivity index (χ3n) is 2.81. The average Bonchev–Trinajstić information content (AvgIpc) is 2.50. The first-order valence-corrected chi connectivity index (χ1v) is 8.02. The van der Waals surface area contributed by atoms with E-state index in [0.717, 1.165) is 22.3 Å². The highest BCUT2D eigenvalue weighted by Gasteiger charge is 2.11. The number of hydrogen-bond donors (Lipinski definition) is 2. The first kappa shape index (κ1) is 16.2. The van der Waals surface area contributed by atoms with Gasteiger partial charge in [-0.3, -0.25) is 10.1 Å². The van der Waals surface area contributed by atoms with Gasteiger partial charge in [-0.15, -0.1) is 0 Å². The van der Waals surface area contributed by atoms with Crippen molar-refractivity contribution >= 4 is 34.6 Å². The number of benzene rings is 1. The van der Waals surface area contributed by atoms with Gasteiger partial charge in [0.05, 0.1) is 11.3 Å². The molecule has 0 radical (unpaired) electrons. The number of rotatable bonds is 5. The van der Waals surface area contributed by atoms with Crippen LogP contribution in [-0.2, 0) is 4.79 Å². The van der Waals surface area contributed by atoms with Gasteiger partial charge in [-0.25, -0.2) is 14.8 Å². The number of thioether (sulfide) groups is 1. The first-order valence-electron chi connectivity index (χ1n) is 7.04. The zero-order chi connectivity index (χ0) is 15.9. The smallest absolute Gasteiger partial charge is 0.321 e. The fraction of sp³-hybridized carbons (Fsp3) is 0.333. The normalized spacial score (nSPS) is 10.5. The molecule has 7 heteroatoms. The standard InChI is InChI=1S/C15H18N4O2S/c1-3-8-16-15(21)19-13(20)9-22-14-11-6-4-5-7-12(11)17-10(2)18-14/h4-7H,3,8-9H2,1-2H3,(H2,16,19,20,21). The topological polar surface area (TPSA) is 84.0 Å². The molecule has 0 saturated heterocycles. The van der Waals surface area contributed by atoms with Crippen LogP contribution in [0.3, 0.4) is 0 Å². The number of aryl methyl sites for hydroxylation is 1. The summed E-state index contributed by atoms with van der Waals surface area (Å²) in [6.45, 7) is 4.30. The Kier molecular flexibility index (Phi) is 5.71. The van der Waals surface area contributed by atoms with Crippen molar-refractivity contribution in [2.24, 2.45) is 0 Å². The van der Waals surface area contributed by atoms with Crippen molar-refractivity contribution in [3.05, 3.63) is 30.1 Å². The highest BCUT2D eigenvalue weighted by atomic mass is 32.2. The molecule has 0 spiro atoms. The monoisotopic (exact) mass is 318 g/mol. The number of imide groups is 1. The van der Waals surface area contributed by atoms with E-state index in [-0.39, 0.29) is 11.7 Å². The van der Waals surface area contributed by atoms with Crippen LogP contribution in [0.4, 0.5) is 4.79 Å². The van der Waals surface area contributed by atoms with Crippen LogP contribution >= 0.6 is 11.8 Å². The highest BCUT2D eigenvalue weighted by Crippen LogP contribution is 2.24. The molecule has 0 aliphatic rings. The van der Waals surface area contributed by atoms with Crippen LogP contribution in [0.1, 0.15) is 19.2 Å². The minimum Gasteiger partial charge on any atom is -0.338 e. The van der Waals surface area contributed by atoms with Crippen molar-refractivity contribution in [1.29, 1.82) is 0 Å². The summed E-state index contributed by atoms with van der Waals surface area (Å²) in [5.41, 5.74) is 0.846. The quantitative estimate of drug-likeness (QED) is 0.652. The number of hydrogen-bond acceptors (Lipinski definition) is 5. The van der Waals surface area contributed by atoms with Gasteiger partial charge in [-0.1, -0.05) is 36.9 Å². The second-order valence-corrected chi connectivity index (χ2v) is 5.65. The number of para-hydroxylation sites is 1. The van der Waals surface area contributed by atoms with Crippen LogP contribution in [0.5, 0.6) is 0 Å². The molecule has 1 heterocycles. The Bertz CT molecular complexity index is 690. The predicted octanol–water partition coefficient (Wildman–Crippen LogP) is 2.27. The van der Waals surface area contributed by atoms with E-state index in [0.29, 0.717) is 12.4 Å². The molecule has 0 saturated carbocycles. The lowest BCUT2D eigenvalue weighted by atomic mass is 10.2. The maximum absolute atomic E-state index is 11.8. The predicted molar refractivity (Wildman–Crippen MR) is 86.8 cm³/mol. The second kappa shape index (κ2) is 7.74. The number of nitrogens with zero attached hydrogens (tertiary/aromatic N) is 2. The Morgan fingerprint density at radius 2 is 2.00 bits per heavy atom. The molecular formula is C15H18N4O2S. The molecule has 0 bridgehead atoms. The highest BCUT2D eigenvalue weighted by molar-refractivity contribution is 8.00. The lowest BCUT2D eigenvalue weighted by Crippen LogP contribution is -2.40. The molecule has 1 aromatic carbocycles. The zero-order valence-corrected chi connectivity index (χ0v) is 13.4. The zero-order valence-electron chi connectivity index (χ0n) is 12.5. The number of aromatic nitrogens is 2. The molecule has 1 aromatic heterocycles. The van der Waals surface area contributed by atoms with Crippen molar-refractivity contribution in [2.75, 3.05) is 12.3 Å². The Labute approximate surface area is 133 Å². The van der Waals surface area contributed by atoms with Gasteiger partial charge < -0.3 is 5.32 Å². The second-order valence-electron chi connectivity index (χ2n) is 4.69. The SMILES string of the molecule is CCCNC(=O)NC(=O)CSc1nc(C)nc2ccccc12. The van der Waals surface area contributed by atoms with Crippen molar-refractivity contribution in [3.8, 4) is 0 Å². The van der Waals surface area contributed by atoms with Gasteiger partial charge >= 0.3 is 6.03 Å². The summed E-state index contributed by atoms with van der Waals surface area (Å²) >= 11 is 1.29. The van der Waals surface area contributed by atoms with Crippen molar-refractivity contribution in [3.63, 3.8) is 0 Å². The van der Waals surface area contributed by atoms with Crippen LogP contribution in [0.2, 0.25) is 0 Å². The average molecular weight is 318 g/mol. The summed E-state index contributed by atoms with van der Waals surface area (Å²) in [6, 6.07) is 7.18. The van der Waals surface area contributed by atoms with E-state index in [4.69, 9.17) is 0 Å². The minimum absolute atomic E-state index is 0.125. The molecular weight excluding hydrogens is 300 g/mol. The summed E-state index contributed by atoms with van der Waals surface area (Å²) in [7, 11) is 0. The summed E-state index contributed by atoms with van der Waals surface area (Å²) in [5.74, 6) is 0.432. The summed E-state index contributed by atoms with van der Waals surface area (Å²) < 4.78 is 0. The summed E-state index contributed by atoms with van der Waals surface area (Å²) in [5, 5.41) is 6.54. The van der Waals surface area contributed by atoms with Crippen molar-refractivity contribution in [1.82, 2.24) is 20.6 Å². The molecule has 116 valence electrons. The molecule has 0 atom stereocenters. The fourth-order valence-electron chi connectivity index (χ4n) is 1.85. The van der Waals surface area contributed by atoms with Crippen LogP contribution in [0.25, 0.3) is 10.9 Å². The van der Waals surface area contributed by atoms with Crippen molar-refractivity contribution in [2.45, 2.75) is 25.3 Å². The summed E-state index contributed by atoms with van der Waals surface area (Å²) in [4.78, 5) is 31.9. The van der Waals surface area contributed by atoms with Crippen LogP contribution in [0.15, 0.2) is 29.3 Å². The van der Waals surface area contributed by atoms with Crippen LogP contribution < -0.4 is 10.6 Å². The van der Waals surface area contributed by atoms with Gasteiger partial charge in [0, 0.05) is 11.9 Å². The molecule has 6 nitrogen and oxygen atoms in total. The minimum atomic E-state index is -0.462. The van der Waals surface area contributed by atoms with Crippen LogP contribution in [0, 0.1) is 6.92 Å². The fourth-order valence-corrected chi connectivity index (χ4v) is 2.71. The summed E-state index contributed by atoms with van der Waals surface area (Å²) in [6.07, 6.45) is 0.822. The Morgan fingerprint density at radius 1 is 1.23 bits per heavy atom. The van der Waals surface area contributed by atoms with E-state index in [2.05, 4.69) is 20.6 Å². The maximum atomic E-state index is 11.8. The van der Waals surface area contributed by atoms with E-state index in [1.807, 2.05) is 38.1 Å². The molecule has 0 aliphatic heterocycles. The first-order chi connectivity index (χ1) is 10.6. The molecule has 2 aromatic rings. The molecule has 2 N–H and O–H groups in total. The van der Waals surface area contributed by atoms with Gasteiger partial charge in [0.2, 0.25) is 5.91 Å². The lowest BCUT2D eigenvalue weighted by molar-refractivity contribution is -0.117. The Morgan fingerprint density at radius 3 is 2.77 bits per heavy atom. The molecule has 0 fully saturated rings. The van der Waals surface area contributed by atoms with E-state index in [1.165, 1.54) is 11.8 Å². The Balaban J connectivity index is 2.00. The maximum Gasteiger partial charge on any atom is 0.321 e. The van der Waals surface area contributed by atoms with E-state index < -0.39 is 6.03 Å². The number of urea groups is 1. The van der Waals surface area contributed by atoms with Crippen molar-refractivity contribution < 1.29 is 9.59 Å². The number of carbonyl (C=O) groups excluding carboxylic acids is 2. The molecule has 0 aliphatic carbocycles. The third-order valence-corrected chi connectivity index (χ3v) is 3.80. The molecule has 22 heavy (non-hydrogen) atoms. The molecule has 3 amide bonds. The largest absolute Gasteiger partial charge is 0.338 e. The number of fused-ring (bicyclic) bond motifs is 1. The number of nitrogens with one attached hydrogen (secondary N) is 2. The van der Waals surface area contributed by atoms with E-state index >= 15 is 0 Å². The molecule has 2 rings (SSSR count). The molecule has 0 unspecified atom stereocenters. The number of amides is 3. The van der Waals surface area contributed by atoms with Gasteiger partial charge in [0.1, 0.15) is 10.9 Å². The van der Waals surface area contributed by atoms with E-state index in [1.54, 1.807) is 0 Å². The van der Waals surface area contributed by atoms with Gasteiger partial charge in [0.15, 0.2) is 0 Å². The van der Waals surface area contributed by atoms with Gasteiger partial charge in [0.25, 0.3) is 0 Å². The number of carbonyl (C=O) groups is 2.